The van der Waals surface area contributed by atoms with Gasteiger partial charge in [-0.3, -0.25) is 9.69 Å². The van der Waals surface area contributed by atoms with Gasteiger partial charge < -0.3 is 14.4 Å². The second kappa shape index (κ2) is 6.68. The van der Waals surface area contributed by atoms with Crippen molar-refractivity contribution < 1.29 is 13.7 Å². The number of alkyl halides is 1. The van der Waals surface area contributed by atoms with Crippen LogP contribution in [0, 0.1) is 13.8 Å². The predicted molar refractivity (Wildman–Crippen MR) is 83.0 cm³/mol. The van der Waals surface area contributed by atoms with Crippen LogP contribution in [-0.4, -0.2) is 68.2 Å². The molecule has 2 atom stereocenters. The van der Waals surface area contributed by atoms with E-state index in [-0.39, 0.29) is 11.9 Å². The minimum atomic E-state index is -0.916. The standard InChI is InChI=1S/C15H21FN6O2/c1-9-17-5-13(18-9)15(23)21(3)7-12-4-11(16)6-22(12)8-14-19-10(2)24-20-14/h5,11-12H,4,6-8H2,1-3H3,(H,17,18)/t11-,12-/m0/s1. The summed E-state index contributed by atoms with van der Waals surface area (Å²) in [7, 11) is 1.71. The summed E-state index contributed by atoms with van der Waals surface area (Å²) >= 11 is 0. The molecule has 0 aliphatic carbocycles. The van der Waals surface area contributed by atoms with Crippen LogP contribution >= 0.6 is 0 Å². The number of aryl methyl sites for hydroxylation is 2. The van der Waals surface area contributed by atoms with Crippen molar-refractivity contribution in [1.29, 1.82) is 0 Å². The van der Waals surface area contributed by atoms with Gasteiger partial charge in [-0.2, -0.15) is 4.98 Å². The van der Waals surface area contributed by atoms with E-state index in [2.05, 4.69) is 20.1 Å². The number of hydrogen-bond donors (Lipinski definition) is 1. The number of aromatic nitrogens is 4. The van der Waals surface area contributed by atoms with Crippen LogP contribution in [-0.2, 0) is 6.54 Å². The molecular weight excluding hydrogens is 315 g/mol. The Balaban J connectivity index is 1.64. The second-order valence-electron chi connectivity index (χ2n) is 6.21. The highest BCUT2D eigenvalue weighted by Crippen LogP contribution is 2.23. The lowest BCUT2D eigenvalue weighted by Gasteiger charge is -2.27. The minimum Gasteiger partial charge on any atom is -0.340 e. The van der Waals surface area contributed by atoms with E-state index in [1.165, 1.54) is 6.20 Å². The Morgan fingerprint density at radius 1 is 1.54 bits per heavy atom. The second-order valence-corrected chi connectivity index (χ2v) is 6.21. The van der Waals surface area contributed by atoms with Crippen LogP contribution in [0.25, 0.3) is 0 Å². The fraction of sp³-hybridized carbons (Fsp3) is 0.600. The Labute approximate surface area is 139 Å². The molecule has 3 heterocycles. The molecule has 9 heteroatoms. The lowest BCUT2D eigenvalue weighted by Crippen LogP contribution is -2.41. The zero-order valence-electron chi connectivity index (χ0n) is 14.0. The molecule has 1 aliphatic heterocycles. The van der Waals surface area contributed by atoms with E-state index in [1.807, 2.05) is 4.90 Å². The number of carbonyl (C=O) groups is 1. The first-order valence-electron chi connectivity index (χ1n) is 7.86. The van der Waals surface area contributed by atoms with Gasteiger partial charge in [-0.1, -0.05) is 5.16 Å². The molecule has 2 aromatic heterocycles. The van der Waals surface area contributed by atoms with Crippen molar-refractivity contribution >= 4 is 5.91 Å². The Hall–Kier alpha value is -2.29. The van der Waals surface area contributed by atoms with Crippen LogP contribution in [0.3, 0.4) is 0 Å². The van der Waals surface area contributed by atoms with E-state index in [0.29, 0.717) is 49.3 Å². The fourth-order valence-corrected chi connectivity index (χ4v) is 3.03. The monoisotopic (exact) mass is 336 g/mol. The highest BCUT2D eigenvalue weighted by Gasteiger charge is 2.34. The van der Waals surface area contributed by atoms with Crippen molar-refractivity contribution in [2.24, 2.45) is 0 Å². The topological polar surface area (TPSA) is 91.2 Å². The van der Waals surface area contributed by atoms with Gasteiger partial charge in [-0.05, 0) is 13.3 Å². The third kappa shape index (κ3) is 3.61. The first-order valence-corrected chi connectivity index (χ1v) is 7.86. The van der Waals surface area contributed by atoms with Gasteiger partial charge in [0.2, 0.25) is 5.89 Å². The van der Waals surface area contributed by atoms with Gasteiger partial charge in [-0.15, -0.1) is 0 Å². The van der Waals surface area contributed by atoms with Crippen LogP contribution in [0.2, 0.25) is 0 Å². The van der Waals surface area contributed by atoms with Crippen LogP contribution in [0.4, 0.5) is 4.39 Å². The molecule has 0 radical (unpaired) electrons. The quantitative estimate of drug-likeness (QED) is 0.879. The molecule has 0 saturated carbocycles. The van der Waals surface area contributed by atoms with Crippen molar-refractivity contribution in [3.63, 3.8) is 0 Å². The highest BCUT2D eigenvalue weighted by atomic mass is 19.1. The van der Waals surface area contributed by atoms with Crippen LogP contribution in [0.1, 0.15) is 34.4 Å². The van der Waals surface area contributed by atoms with Gasteiger partial charge in [-0.25, -0.2) is 9.37 Å². The molecule has 1 aliphatic rings. The lowest BCUT2D eigenvalue weighted by atomic mass is 10.2. The molecule has 24 heavy (non-hydrogen) atoms. The first kappa shape index (κ1) is 16.6. The number of likely N-dealkylation sites (tertiary alicyclic amines) is 1. The van der Waals surface area contributed by atoms with Crippen LogP contribution < -0.4 is 0 Å². The van der Waals surface area contributed by atoms with Gasteiger partial charge >= 0.3 is 0 Å². The van der Waals surface area contributed by atoms with Crippen molar-refractivity contribution in [2.75, 3.05) is 20.1 Å². The smallest absolute Gasteiger partial charge is 0.271 e. The fourth-order valence-electron chi connectivity index (χ4n) is 3.03. The molecule has 0 aromatic carbocycles. The molecule has 0 bridgehead atoms. The van der Waals surface area contributed by atoms with Crippen molar-refractivity contribution in [3.05, 3.63) is 29.4 Å². The third-order valence-electron chi connectivity index (χ3n) is 4.16. The van der Waals surface area contributed by atoms with Crippen molar-refractivity contribution in [3.8, 4) is 0 Å². The summed E-state index contributed by atoms with van der Waals surface area (Å²) in [4.78, 5) is 27.1. The van der Waals surface area contributed by atoms with E-state index in [0.717, 1.165) is 0 Å². The Bertz CT molecular complexity index is 714. The summed E-state index contributed by atoms with van der Waals surface area (Å²) in [5.41, 5.74) is 0.435. The summed E-state index contributed by atoms with van der Waals surface area (Å²) < 4.78 is 18.8. The van der Waals surface area contributed by atoms with Gasteiger partial charge in [0.15, 0.2) is 5.82 Å². The maximum absolute atomic E-state index is 13.9. The normalized spacial score (nSPS) is 21.3. The number of carbonyl (C=O) groups excluding carboxylic acids is 1. The molecule has 130 valence electrons. The lowest BCUT2D eigenvalue weighted by molar-refractivity contribution is 0.0743. The summed E-state index contributed by atoms with van der Waals surface area (Å²) in [6, 6.07) is -0.0863. The zero-order valence-corrected chi connectivity index (χ0v) is 14.0. The number of aromatic amines is 1. The Morgan fingerprint density at radius 3 is 2.96 bits per heavy atom. The van der Waals surface area contributed by atoms with Gasteiger partial charge in [0.05, 0.1) is 12.7 Å². The first-order chi connectivity index (χ1) is 11.4. The number of nitrogens with one attached hydrogen (secondary N) is 1. The SMILES string of the molecule is Cc1ncc(C(=O)N(C)C[C@@H]2C[C@H](F)CN2Cc2noc(C)n2)[nH]1. The molecular formula is C15H21FN6O2. The maximum Gasteiger partial charge on any atom is 0.271 e. The van der Waals surface area contributed by atoms with E-state index >= 15 is 0 Å². The molecule has 1 fully saturated rings. The predicted octanol–water partition coefficient (Wildman–Crippen LogP) is 1.09. The third-order valence-corrected chi connectivity index (χ3v) is 4.16. The number of likely N-dealkylation sites (N-methyl/N-ethyl adjacent to an activating group) is 1. The molecule has 0 unspecified atom stereocenters. The summed E-state index contributed by atoms with van der Waals surface area (Å²) in [6.07, 6.45) is 0.984. The molecule has 3 rings (SSSR count). The van der Waals surface area contributed by atoms with Gasteiger partial charge in [0.1, 0.15) is 17.7 Å². The van der Waals surface area contributed by atoms with Crippen molar-refractivity contribution in [2.45, 2.75) is 39.0 Å². The molecule has 1 saturated heterocycles. The molecule has 2 aromatic rings. The minimum absolute atomic E-state index is 0.0863. The number of amides is 1. The van der Waals surface area contributed by atoms with E-state index in [1.54, 1.807) is 25.8 Å². The number of rotatable bonds is 5. The molecule has 0 spiro atoms. The summed E-state index contributed by atoms with van der Waals surface area (Å²) in [5.74, 6) is 1.54. The highest BCUT2D eigenvalue weighted by molar-refractivity contribution is 5.92. The Kier molecular flexibility index (Phi) is 4.61. The number of halogens is 1. The van der Waals surface area contributed by atoms with E-state index in [9.17, 15) is 9.18 Å². The van der Waals surface area contributed by atoms with Gasteiger partial charge in [0, 0.05) is 33.1 Å². The average Bonchev–Trinajstić information content (AvgIpc) is 3.21. The van der Waals surface area contributed by atoms with E-state index in [4.69, 9.17) is 4.52 Å². The van der Waals surface area contributed by atoms with Crippen molar-refractivity contribution in [1.82, 2.24) is 29.9 Å². The van der Waals surface area contributed by atoms with Crippen LogP contribution in [0.15, 0.2) is 10.7 Å². The van der Waals surface area contributed by atoms with E-state index < -0.39 is 6.17 Å². The Morgan fingerprint density at radius 2 is 2.33 bits per heavy atom. The number of nitrogens with zero attached hydrogens (tertiary/aromatic N) is 5. The number of hydrogen-bond acceptors (Lipinski definition) is 6. The molecule has 1 amide bonds. The molecule has 8 nitrogen and oxygen atoms in total. The zero-order chi connectivity index (χ0) is 17.3. The largest absolute Gasteiger partial charge is 0.340 e. The average molecular weight is 336 g/mol. The molecule has 1 N–H and O–H groups in total. The summed E-state index contributed by atoms with van der Waals surface area (Å²) in [6.45, 7) is 4.65. The van der Waals surface area contributed by atoms with Gasteiger partial charge in [0.25, 0.3) is 5.91 Å². The summed E-state index contributed by atoms with van der Waals surface area (Å²) in [5, 5.41) is 3.86. The maximum atomic E-state index is 13.9. The van der Waals surface area contributed by atoms with Crippen LogP contribution in [0.5, 0.6) is 0 Å². The number of H-pyrrole nitrogens is 1. The number of imidazole rings is 1.